The van der Waals surface area contributed by atoms with Crippen molar-refractivity contribution in [2.24, 2.45) is 5.92 Å². The average Bonchev–Trinajstić information content (AvgIpc) is 2.75. The lowest BCUT2D eigenvalue weighted by atomic mass is 9.83. The van der Waals surface area contributed by atoms with E-state index < -0.39 is 0 Å². The Morgan fingerprint density at radius 3 is 2.83 bits per heavy atom. The van der Waals surface area contributed by atoms with Gasteiger partial charge in [0.05, 0.1) is 20.8 Å². The molecule has 0 unspecified atom stereocenters. The Labute approximate surface area is 175 Å². The molecule has 9 heteroatoms. The molecule has 2 aliphatic rings. The number of piperidine rings is 1. The van der Waals surface area contributed by atoms with E-state index in [1.54, 1.807) is 12.0 Å². The third kappa shape index (κ3) is 4.02. The van der Waals surface area contributed by atoms with Gasteiger partial charge >= 0.3 is 5.97 Å². The van der Waals surface area contributed by atoms with E-state index in [2.05, 4.69) is 20.9 Å². The number of ether oxygens (including phenoxy) is 2. The maximum Gasteiger partial charge on any atom is 0.319 e. The number of hydrogen-bond acceptors (Lipinski definition) is 8. The van der Waals surface area contributed by atoms with Crippen LogP contribution in [0.5, 0.6) is 5.88 Å². The molecule has 1 saturated heterocycles. The Morgan fingerprint density at radius 1 is 1.23 bits per heavy atom. The van der Waals surface area contributed by atoms with Crippen LogP contribution in [0.2, 0.25) is 0 Å². The number of rotatable bonds is 6. The largest absolute Gasteiger partial charge is 0.481 e. The van der Waals surface area contributed by atoms with E-state index in [1.165, 1.54) is 13.4 Å². The summed E-state index contributed by atoms with van der Waals surface area (Å²) in [6.45, 7) is 2.90. The zero-order chi connectivity index (χ0) is 21.3. The Morgan fingerprint density at radius 2 is 2.07 bits per heavy atom. The fourth-order valence-electron chi connectivity index (χ4n) is 4.54. The first-order valence-electron chi connectivity index (χ1n) is 10.1. The molecular weight excluding hydrogens is 386 g/mol. The zero-order valence-electron chi connectivity index (χ0n) is 17.6. The molecule has 0 aliphatic carbocycles. The van der Waals surface area contributed by atoms with Gasteiger partial charge in [-0.1, -0.05) is 6.07 Å². The number of esters is 1. The lowest BCUT2D eigenvalue weighted by molar-refractivity contribution is -0.141. The molecule has 30 heavy (non-hydrogen) atoms. The molecule has 2 atom stereocenters. The number of anilines is 1. The summed E-state index contributed by atoms with van der Waals surface area (Å²) in [7, 11) is 4.77. The van der Waals surface area contributed by atoms with Gasteiger partial charge in [-0.25, -0.2) is 9.97 Å². The monoisotopic (exact) mass is 413 g/mol. The summed E-state index contributed by atoms with van der Waals surface area (Å²) < 4.78 is 11.9. The molecule has 0 aromatic carbocycles. The number of fused-ring (bicyclic) bond motifs is 4. The smallest absolute Gasteiger partial charge is 0.319 e. The number of hydrogen-bond donors (Lipinski definition) is 0. The summed E-state index contributed by atoms with van der Waals surface area (Å²) in [6.07, 6.45) is 2.59. The van der Waals surface area contributed by atoms with Crippen molar-refractivity contribution in [1.29, 1.82) is 0 Å². The fraction of sp³-hybridized carbons (Fsp3) is 0.524. The minimum Gasteiger partial charge on any atom is -0.481 e. The van der Waals surface area contributed by atoms with Gasteiger partial charge in [0, 0.05) is 49.4 Å². The maximum absolute atomic E-state index is 13.1. The fourth-order valence-corrected chi connectivity index (χ4v) is 4.54. The Kier molecular flexibility index (Phi) is 5.72. The number of methoxy groups -OCH3 is 2. The third-order valence-electron chi connectivity index (χ3n) is 5.91. The number of carbonyl (C=O) groups is 1. The Balaban J connectivity index is 1.55. The lowest BCUT2D eigenvalue weighted by Crippen LogP contribution is -2.48. The normalized spacial score (nSPS) is 20.1. The van der Waals surface area contributed by atoms with Gasteiger partial charge in [0.2, 0.25) is 5.88 Å². The molecule has 0 radical (unpaired) electrons. The predicted molar refractivity (Wildman–Crippen MR) is 111 cm³/mol. The van der Waals surface area contributed by atoms with E-state index in [4.69, 9.17) is 9.47 Å². The van der Waals surface area contributed by atoms with Crippen LogP contribution in [0.1, 0.15) is 23.6 Å². The average molecular weight is 413 g/mol. The van der Waals surface area contributed by atoms with E-state index >= 15 is 0 Å². The number of aromatic nitrogens is 3. The van der Waals surface area contributed by atoms with Crippen LogP contribution in [-0.2, 0) is 22.6 Å². The second kappa shape index (κ2) is 8.43. The summed E-state index contributed by atoms with van der Waals surface area (Å²) in [4.78, 5) is 37.2. The molecular formula is C21H27N5O4. The van der Waals surface area contributed by atoms with Crippen molar-refractivity contribution in [2.45, 2.75) is 25.4 Å². The van der Waals surface area contributed by atoms with E-state index in [-0.39, 0.29) is 24.0 Å². The van der Waals surface area contributed by atoms with Crippen LogP contribution >= 0.6 is 0 Å². The molecule has 2 aromatic heterocycles. The highest BCUT2D eigenvalue weighted by atomic mass is 16.5. The first-order valence-corrected chi connectivity index (χ1v) is 10.1. The van der Waals surface area contributed by atoms with Crippen molar-refractivity contribution >= 4 is 11.8 Å². The van der Waals surface area contributed by atoms with Crippen LogP contribution in [0.25, 0.3) is 0 Å². The predicted octanol–water partition coefficient (Wildman–Crippen LogP) is 0.875. The molecule has 0 amide bonds. The molecule has 1 fully saturated rings. The van der Waals surface area contributed by atoms with E-state index in [1.807, 2.05) is 23.7 Å². The van der Waals surface area contributed by atoms with Crippen molar-refractivity contribution in [3.8, 4) is 5.88 Å². The van der Waals surface area contributed by atoms with E-state index in [0.717, 1.165) is 31.0 Å². The van der Waals surface area contributed by atoms with Gasteiger partial charge < -0.3 is 18.9 Å². The van der Waals surface area contributed by atoms with Crippen LogP contribution in [0.3, 0.4) is 0 Å². The second-order valence-corrected chi connectivity index (χ2v) is 8.07. The summed E-state index contributed by atoms with van der Waals surface area (Å²) in [5.41, 5.74) is 1.81. The third-order valence-corrected chi connectivity index (χ3v) is 5.91. The lowest BCUT2D eigenvalue weighted by Gasteiger charge is -2.43. The highest BCUT2D eigenvalue weighted by Crippen LogP contribution is 2.36. The number of likely N-dealkylation sites (N-methyl/N-ethyl adjacent to an activating group) is 1. The Bertz CT molecular complexity index is 992. The highest BCUT2D eigenvalue weighted by molar-refractivity contribution is 5.71. The number of carbonyl (C=O) groups excluding carboxylic acids is 1. The summed E-state index contributed by atoms with van der Waals surface area (Å²) in [5, 5.41) is 0. The van der Waals surface area contributed by atoms with Gasteiger partial charge in [0.15, 0.2) is 0 Å². The maximum atomic E-state index is 13.1. The molecule has 0 N–H and O–H groups in total. The minimum absolute atomic E-state index is 0.0380. The van der Waals surface area contributed by atoms with Crippen molar-refractivity contribution in [1.82, 2.24) is 19.4 Å². The van der Waals surface area contributed by atoms with Crippen LogP contribution in [0.15, 0.2) is 29.3 Å². The minimum atomic E-state index is -0.313. The molecule has 9 nitrogen and oxygen atoms in total. The molecule has 2 aliphatic heterocycles. The van der Waals surface area contributed by atoms with Gasteiger partial charge in [-0.05, 0) is 25.5 Å². The van der Waals surface area contributed by atoms with E-state index in [0.29, 0.717) is 30.5 Å². The summed E-state index contributed by atoms with van der Waals surface area (Å²) >= 11 is 0. The van der Waals surface area contributed by atoms with Crippen molar-refractivity contribution in [2.75, 3.05) is 45.8 Å². The molecule has 4 rings (SSSR count). The molecule has 2 aromatic rings. The zero-order valence-corrected chi connectivity index (χ0v) is 17.6. The quantitative estimate of drug-likeness (QED) is 0.645. The summed E-state index contributed by atoms with van der Waals surface area (Å²) in [5.74, 6) is 1.74. The summed E-state index contributed by atoms with van der Waals surface area (Å²) in [6, 6.07) is 5.82. The van der Waals surface area contributed by atoms with Gasteiger partial charge in [-0.15, -0.1) is 0 Å². The van der Waals surface area contributed by atoms with E-state index in [9.17, 15) is 9.59 Å². The van der Waals surface area contributed by atoms with Gasteiger partial charge in [-0.3, -0.25) is 14.5 Å². The molecule has 160 valence electrons. The number of nitrogens with zero attached hydrogens (tertiary/aromatic N) is 5. The van der Waals surface area contributed by atoms with Crippen molar-refractivity contribution in [3.05, 3.63) is 46.1 Å². The molecule has 4 heterocycles. The van der Waals surface area contributed by atoms with Crippen molar-refractivity contribution in [3.63, 3.8) is 0 Å². The molecule has 2 bridgehead atoms. The van der Waals surface area contributed by atoms with Gasteiger partial charge in [-0.2, -0.15) is 0 Å². The van der Waals surface area contributed by atoms with Crippen LogP contribution < -0.4 is 15.2 Å². The molecule has 0 spiro atoms. The first-order chi connectivity index (χ1) is 14.5. The van der Waals surface area contributed by atoms with Crippen LogP contribution in [-0.4, -0.2) is 66.3 Å². The number of pyridine rings is 1. The van der Waals surface area contributed by atoms with Crippen LogP contribution in [0.4, 0.5) is 5.82 Å². The van der Waals surface area contributed by atoms with Gasteiger partial charge in [0.25, 0.3) is 5.56 Å². The SMILES string of the molecule is COC(=O)CN(C)Cc1ccc2n(c1=O)C[C@H]1C[C@@H]2CN(c2cc(OC)ncn2)C1. The standard InChI is InChI=1S/C21H27N5O4/c1-24(12-20(27)30-3)10-15-4-5-17-16-6-14(9-26(17)21(15)28)8-25(11-16)18-7-19(29-2)23-13-22-18/h4-5,7,13-14,16H,6,8-12H2,1-3H3/t14-,16+/m0/s1. The van der Waals surface area contributed by atoms with Gasteiger partial charge in [0.1, 0.15) is 12.1 Å². The highest BCUT2D eigenvalue weighted by Gasteiger charge is 2.35. The topological polar surface area (TPSA) is 89.8 Å². The van der Waals surface area contributed by atoms with Crippen molar-refractivity contribution < 1.29 is 14.3 Å². The Hall–Kier alpha value is -2.94. The second-order valence-electron chi connectivity index (χ2n) is 8.07. The molecule has 0 saturated carbocycles. The van der Waals surface area contributed by atoms with Crippen LogP contribution in [0, 0.1) is 5.92 Å². The first kappa shape index (κ1) is 20.3.